The highest BCUT2D eigenvalue weighted by atomic mass is 16.5. The van der Waals surface area contributed by atoms with Crippen LogP contribution in [0.15, 0.2) is 0 Å². The van der Waals surface area contributed by atoms with Gasteiger partial charge in [-0.05, 0) is 33.9 Å². The predicted octanol–water partition coefficient (Wildman–Crippen LogP) is 0.0620. The number of hydrogen-bond donors (Lipinski definition) is 1. The number of likely N-dealkylation sites (N-methyl/N-ethyl adjacent to an activating group) is 1. The molecule has 2 aliphatic heterocycles. The summed E-state index contributed by atoms with van der Waals surface area (Å²) in [5.41, 5.74) is 6.33. The summed E-state index contributed by atoms with van der Waals surface area (Å²) < 4.78 is 5.71. The maximum Gasteiger partial charge on any atom is 0.0565 e. The third kappa shape index (κ3) is 3.92. The molecule has 5 nitrogen and oxygen atoms in total. The van der Waals surface area contributed by atoms with Crippen molar-refractivity contribution in [3.63, 3.8) is 0 Å². The Morgan fingerprint density at radius 2 is 1.95 bits per heavy atom. The second-order valence-corrected chi connectivity index (χ2v) is 6.70. The predicted molar refractivity (Wildman–Crippen MR) is 83.0 cm³/mol. The zero-order valence-electron chi connectivity index (χ0n) is 13.5. The molecule has 20 heavy (non-hydrogen) atoms. The molecule has 2 unspecified atom stereocenters. The smallest absolute Gasteiger partial charge is 0.0565 e. The number of piperazine rings is 1. The average Bonchev–Trinajstić information content (AvgIpc) is 2.45. The molecule has 5 heteroatoms. The van der Waals surface area contributed by atoms with E-state index in [9.17, 15) is 0 Å². The molecule has 2 fully saturated rings. The Morgan fingerprint density at radius 1 is 1.25 bits per heavy atom. The molecule has 0 aromatic heterocycles. The van der Waals surface area contributed by atoms with Crippen molar-refractivity contribution in [2.24, 2.45) is 5.73 Å². The molecular formula is C15H32N4O. The van der Waals surface area contributed by atoms with Gasteiger partial charge >= 0.3 is 0 Å². The number of nitrogens with zero attached hydrogens (tertiary/aromatic N) is 3. The molecular weight excluding hydrogens is 252 g/mol. The average molecular weight is 284 g/mol. The summed E-state index contributed by atoms with van der Waals surface area (Å²) in [7, 11) is 4.28. The molecule has 2 atom stereocenters. The molecule has 0 aliphatic carbocycles. The lowest BCUT2D eigenvalue weighted by Gasteiger charge is -2.50. The molecule has 0 saturated carbocycles. The van der Waals surface area contributed by atoms with Gasteiger partial charge in [-0.25, -0.2) is 0 Å². The summed E-state index contributed by atoms with van der Waals surface area (Å²) >= 11 is 0. The highest BCUT2D eigenvalue weighted by Gasteiger charge is 2.40. The van der Waals surface area contributed by atoms with Gasteiger partial charge in [0.2, 0.25) is 0 Å². The first-order valence-electron chi connectivity index (χ1n) is 7.99. The summed E-state index contributed by atoms with van der Waals surface area (Å²) in [5, 5.41) is 0. The van der Waals surface area contributed by atoms with Crippen LogP contribution in [0.2, 0.25) is 0 Å². The van der Waals surface area contributed by atoms with Gasteiger partial charge in [0.15, 0.2) is 0 Å². The van der Waals surface area contributed by atoms with Gasteiger partial charge in [-0.15, -0.1) is 0 Å². The van der Waals surface area contributed by atoms with E-state index in [0.29, 0.717) is 6.10 Å². The van der Waals surface area contributed by atoms with Crippen LogP contribution in [-0.2, 0) is 4.74 Å². The minimum atomic E-state index is 0.186. The van der Waals surface area contributed by atoms with Crippen LogP contribution in [0.1, 0.15) is 19.8 Å². The lowest BCUT2D eigenvalue weighted by molar-refractivity contribution is -0.0754. The fraction of sp³-hybridized carbons (Fsp3) is 1.00. The van der Waals surface area contributed by atoms with E-state index in [1.165, 1.54) is 19.6 Å². The molecule has 118 valence electrons. The fourth-order valence-corrected chi connectivity index (χ4v) is 3.54. The van der Waals surface area contributed by atoms with Crippen molar-refractivity contribution in [3.05, 3.63) is 0 Å². The van der Waals surface area contributed by atoms with Gasteiger partial charge < -0.3 is 15.4 Å². The van der Waals surface area contributed by atoms with Crippen LogP contribution in [0.4, 0.5) is 0 Å². The van der Waals surface area contributed by atoms with Crippen LogP contribution >= 0.6 is 0 Å². The lowest BCUT2D eigenvalue weighted by Crippen LogP contribution is -2.63. The van der Waals surface area contributed by atoms with Crippen molar-refractivity contribution in [1.82, 2.24) is 14.7 Å². The molecule has 0 radical (unpaired) electrons. The minimum Gasteiger partial charge on any atom is -0.378 e. The molecule has 0 aromatic carbocycles. The van der Waals surface area contributed by atoms with Crippen LogP contribution < -0.4 is 5.73 Å². The van der Waals surface area contributed by atoms with Gasteiger partial charge in [0.1, 0.15) is 0 Å². The Labute approximate surface area is 124 Å². The van der Waals surface area contributed by atoms with Crippen molar-refractivity contribution in [1.29, 1.82) is 0 Å². The molecule has 2 saturated heterocycles. The van der Waals surface area contributed by atoms with Crippen molar-refractivity contribution in [3.8, 4) is 0 Å². The summed E-state index contributed by atoms with van der Waals surface area (Å²) in [4.78, 5) is 7.47. The first-order valence-corrected chi connectivity index (χ1v) is 7.99. The Morgan fingerprint density at radius 3 is 2.50 bits per heavy atom. The van der Waals surface area contributed by atoms with E-state index in [0.717, 1.165) is 45.6 Å². The maximum absolute atomic E-state index is 6.15. The fourth-order valence-electron chi connectivity index (χ4n) is 3.54. The Bertz CT molecular complexity index is 292. The monoisotopic (exact) mass is 284 g/mol. The SMILES string of the molecule is CC1CC(CN)(N2CCN(CCN(C)C)CC2)CCO1. The lowest BCUT2D eigenvalue weighted by atomic mass is 9.84. The standard InChI is InChI=1S/C15H32N4O/c1-14-12-15(13-16,4-11-20-14)19-9-7-18(8-10-19)6-5-17(2)3/h14H,4-13,16H2,1-3H3. The zero-order chi connectivity index (χ0) is 14.6. The molecule has 2 N–H and O–H groups in total. The number of hydrogen-bond acceptors (Lipinski definition) is 5. The van der Waals surface area contributed by atoms with Gasteiger partial charge in [0.25, 0.3) is 0 Å². The van der Waals surface area contributed by atoms with E-state index in [1.807, 2.05) is 0 Å². The van der Waals surface area contributed by atoms with E-state index in [-0.39, 0.29) is 5.54 Å². The highest BCUT2D eigenvalue weighted by Crippen LogP contribution is 2.31. The summed E-state index contributed by atoms with van der Waals surface area (Å²) in [5.74, 6) is 0. The third-order valence-electron chi connectivity index (χ3n) is 4.92. The van der Waals surface area contributed by atoms with E-state index in [1.54, 1.807) is 0 Å². The molecule has 0 spiro atoms. The van der Waals surface area contributed by atoms with Gasteiger partial charge in [0.05, 0.1) is 6.10 Å². The number of nitrogens with two attached hydrogens (primary N) is 1. The zero-order valence-corrected chi connectivity index (χ0v) is 13.5. The molecule has 2 aliphatic rings. The molecule has 0 aromatic rings. The summed E-state index contributed by atoms with van der Waals surface area (Å²) in [6, 6.07) is 0. The van der Waals surface area contributed by atoms with E-state index in [2.05, 4.69) is 35.7 Å². The normalized spacial score (nSPS) is 33.8. The van der Waals surface area contributed by atoms with Crippen molar-refractivity contribution >= 4 is 0 Å². The van der Waals surface area contributed by atoms with Crippen molar-refractivity contribution in [2.75, 3.05) is 66.5 Å². The Hall–Kier alpha value is -0.200. The second kappa shape index (κ2) is 7.18. The van der Waals surface area contributed by atoms with E-state index < -0.39 is 0 Å². The largest absolute Gasteiger partial charge is 0.378 e. The minimum absolute atomic E-state index is 0.186. The summed E-state index contributed by atoms with van der Waals surface area (Å²) in [6.45, 7) is 10.8. The second-order valence-electron chi connectivity index (χ2n) is 6.70. The van der Waals surface area contributed by atoms with Gasteiger partial charge in [-0.3, -0.25) is 9.80 Å². The highest BCUT2D eigenvalue weighted by molar-refractivity contribution is 4.97. The number of ether oxygens (including phenoxy) is 1. The Balaban J connectivity index is 1.85. The van der Waals surface area contributed by atoms with Crippen LogP contribution in [0.5, 0.6) is 0 Å². The van der Waals surface area contributed by atoms with Gasteiger partial charge in [0, 0.05) is 58.0 Å². The molecule has 0 bridgehead atoms. The van der Waals surface area contributed by atoms with E-state index in [4.69, 9.17) is 10.5 Å². The van der Waals surface area contributed by atoms with Crippen LogP contribution in [0.3, 0.4) is 0 Å². The van der Waals surface area contributed by atoms with Crippen LogP contribution in [0, 0.1) is 0 Å². The quantitative estimate of drug-likeness (QED) is 0.774. The summed E-state index contributed by atoms with van der Waals surface area (Å²) in [6.07, 6.45) is 2.52. The molecule has 0 amide bonds. The van der Waals surface area contributed by atoms with Gasteiger partial charge in [-0.1, -0.05) is 0 Å². The van der Waals surface area contributed by atoms with Crippen molar-refractivity contribution < 1.29 is 4.74 Å². The van der Waals surface area contributed by atoms with Crippen molar-refractivity contribution in [2.45, 2.75) is 31.4 Å². The third-order valence-corrected chi connectivity index (χ3v) is 4.92. The topological polar surface area (TPSA) is 45.0 Å². The molecule has 2 heterocycles. The Kier molecular flexibility index (Phi) is 5.81. The molecule has 2 rings (SSSR count). The number of rotatable bonds is 5. The maximum atomic E-state index is 6.15. The first-order chi connectivity index (χ1) is 9.55. The van der Waals surface area contributed by atoms with Gasteiger partial charge in [-0.2, -0.15) is 0 Å². The first kappa shape index (κ1) is 16.2. The van der Waals surface area contributed by atoms with Crippen LogP contribution in [0.25, 0.3) is 0 Å². The van der Waals surface area contributed by atoms with Crippen LogP contribution in [-0.4, -0.2) is 92.9 Å². The van der Waals surface area contributed by atoms with E-state index >= 15 is 0 Å².